The maximum Gasteiger partial charge on any atom is 0.264 e. The Bertz CT molecular complexity index is 809. The minimum Gasteiger partial charge on any atom is -0.399 e. The number of rotatable bonds is 3. The second-order valence-corrected chi connectivity index (χ2v) is 5.69. The molecular weight excluding hydrogens is 312 g/mol. The van der Waals surface area contributed by atoms with Gasteiger partial charge in [0, 0.05) is 17.8 Å². The number of nitrogen functional groups attached to an aromatic ring is 1. The van der Waals surface area contributed by atoms with Gasteiger partial charge in [0.1, 0.15) is 16.5 Å². The fourth-order valence-corrected chi connectivity index (χ4v) is 2.65. The van der Waals surface area contributed by atoms with Crippen molar-refractivity contribution < 1.29 is 26.0 Å². The van der Waals surface area contributed by atoms with E-state index < -0.39 is 43.9 Å². The number of sulfonamides is 1. The van der Waals surface area contributed by atoms with E-state index in [2.05, 4.69) is 0 Å². The summed E-state index contributed by atoms with van der Waals surface area (Å²) >= 11 is 0. The Morgan fingerprint density at radius 2 is 1.48 bits per heavy atom. The Labute approximate surface area is 117 Å². The molecule has 4 nitrogen and oxygen atoms in total. The van der Waals surface area contributed by atoms with Crippen LogP contribution < -0.4 is 10.5 Å². The largest absolute Gasteiger partial charge is 0.399 e. The maximum atomic E-state index is 13.6. The van der Waals surface area contributed by atoms with Gasteiger partial charge in [-0.3, -0.25) is 4.72 Å². The summed E-state index contributed by atoms with van der Waals surface area (Å²) in [7, 11) is -4.52. The molecule has 2 rings (SSSR count). The van der Waals surface area contributed by atoms with E-state index in [-0.39, 0.29) is 11.8 Å². The third kappa shape index (κ3) is 3.07. The molecule has 2 aromatic carbocycles. The van der Waals surface area contributed by atoms with Crippen molar-refractivity contribution in [3.8, 4) is 0 Å². The molecule has 9 heteroatoms. The lowest BCUT2D eigenvalue weighted by molar-refractivity contribution is 0.496. The smallest absolute Gasteiger partial charge is 0.264 e. The van der Waals surface area contributed by atoms with Crippen LogP contribution in [-0.4, -0.2) is 8.42 Å². The normalized spacial score (nSPS) is 11.4. The molecule has 0 aliphatic rings. The lowest BCUT2D eigenvalue weighted by atomic mass is 10.3. The highest BCUT2D eigenvalue weighted by Crippen LogP contribution is 2.24. The molecule has 0 spiro atoms. The van der Waals surface area contributed by atoms with Crippen LogP contribution in [0, 0.1) is 23.3 Å². The van der Waals surface area contributed by atoms with Crippen LogP contribution in [-0.2, 0) is 10.0 Å². The predicted molar refractivity (Wildman–Crippen MR) is 67.9 cm³/mol. The van der Waals surface area contributed by atoms with Crippen LogP contribution in [0.2, 0.25) is 0 Å². The number of anilines is 2. The second-order valence-electron chi connectivity index (χ2n) is 4.04. The quantitative estimate of drug-likeness (QED) is 0.519. The first-order valence-electron chi connectivity index (χ1n) is 5.43. The first-order valence-corrected chi connectivity index (χ1v) is 6.91. The monoisotopic (exact) mass is 320 g/mol. The summed E-state index contributed by atoms with van der Waals surface area (Å²) in [4.78, 5) is -0.805. The van der Waals surface area contributed by atoms with E-state index in [4.69, 9.17) is 5.73 Å². The van der Waals surface area contributed by atoms with Crippen LogP contribution >= 0.6 is 0 Å². The number of hydrogen-bond acceptors (Lipinski definition) is 3. The van der Waals surface area contributed by atoms with Gasteiger partial charge < -0.3 is 5.73 Å². The molecule has 0 heterocycles. The van der Waals surface area contributed by atoms with Gasteiger partial charge in [-0.2, -0.15) is 0 Å². The van der Waals surface area contributed by atoms with Gasteiger partial charge in [0.15, 0.2) is 11.6 Å². The average molecular weight is 320 g/mol. The van der Waals surface area contributed by atoms with Crippen LogP contribution in [0.15, 0.2) is 35.2 Å². The van der Waals surface area contributed by atoms with Crippen molar-refractivity contribution in [2.45, 2.75) is 4.90 Å². The second kappa shape index (κ2) is 5.24. The highest BCUT2D eigenvalue weighted by molar-refractivity contribution is 7.92. The van der Waals surface area contributed by atoms with Crippen molar-refractivity contribution in [3.05, 3.63) is 53.6 Å². The Kier molecular flexibility index (Phi) is 3.77. The van der Waals surface area contributed by atoms with Crippen LogP contribution in [0.25, 0.3) is 0 Å². The summed E-state index contributed by atoms with van der Waals surface area (Å²) in [5, 5.41) is 0. The number of benzene rings is 2. The molecule has 0 saturated carbocycles. The molecule has 0 aromatic heterocycles. The summed E-state index contributed by atoms with van der Waals surface area (Å²) in [6.07, 6.45) is 0. The van der Waals surface area contributed by atoms with Crippen molar-refractivity contribution in [1.29, 1.82) is 0 Å². The number of halogens is 4. The van der Waals surface area contributed by atoms with E-state index in [0.29, 0.717) is 6.07 Å². The third-order valence-corrected chi connectivity index (χ3v) is 3.90. The van der Waals surface area contributed by atoms with Gasteiger partial charge in [0.2, 0.25) is 0 Å². The zero-order valence-electron chi connectivity index (χ0n) is 10.2. The minimum atomic E-state index is -4.52. The van der Waals surface area contributed by atoms with Gasteiger partial charge in [-0.15, -0.1) is 0 Å². The summed E-state index contributed by atoms with van der Waals surface area (Å²) in [6.45, 7) is 0. The van der Waals surface area contributed by atoms with E-state index in [1.807, 2.05) is 0 Å². The molecule has 0 saturated heterocycles. The average Bonchev–Trinajstić information content (AvgIpc) is 2.35. The van der Waals surface area contributed by atoms with Crippen molar-refractivity contribution in [3.63, 3.8) is 0 Å². The van der Waals surface area contributed by atoms with E-state index in [9.17, 15) is 26.0 Å². The molecule has 0 bridgehead atoms. The number of hydrogen-bond donors (Lipinski definition) is 2. The molecule has 0 aliphatic carbocycles. The summed E-state index contributed by atoms with van der Waals surface area (Å²) in [5.41, 5.74) is 4.43. The summed E-state index contributed by atoms with van der Waals surface area (Å²) < 4.78 is 78.2. The molecule has 21 heavy (non-hydrogen) atoms. The molecule has 0 radical (unpaired) electrons. The first-order chi connectivity index (χ1) is 9.70. The molecule has 2 aromatic rings. The Hall–Kier alpha value is -2.29. The lowest BCUT2D eigenvalue weighted by Gasteiger charge is -2.10. The van der Waals surface area contributed by atoms with Crippen LogP contribution in [0.3, 0.4) is 0 Å². The molecule has 0 fully saturated rings. The molecule has 0 aliphatic heterocycles. The fraction of sp³-hybridized carbons (Fsp3) is 0. The minimum absolute atomic E-state index is 0.00884. The van der Waals surface area contributed by atoms with Crippen molar-refractivity contribution in [2.75, 3.05) is 10.5 Å². The van der Waals surface area contributed by atoms with E-state index >= 15 is 0 Å². The zero-order valence-corrected chi connectivity index (χ0v) is 11.0. The fourth-order valence-electron chi connectivity index (χ4n) is 1.54. The van der Waals surface area contributed by atoms with Gasteiger partial charge >= 0.3 is 0 Å². The zero-order chi connectivity index (χ0) is 15.8. The summed E-state index contributed by atoms with van der Waals surface area (Å²) in [6, 6.07) is 3.24. The molecule has 0 atom stereocenters. The van der Waals surface area contributed by atoms with E-state index in [0.717, 1.165) is 18.2 Å². The van der Waals surface area contributed by atoms with Gasteiger partial charge in [0.05, 0.1) is 5.69 Å². The molecule has 3 N–H and O–H groups in total. The molecule has 112 valence electrons. The topological polar surface area (TPSA) is 72.2 Å². The van der Waals surface area contributed by atoms with Gasteiger partial charge in [-0.25, -0.2) is 26.0 Å². The Balaban J connectivity index is 2.45. The molecule has 0 amide bonds. The maximum absolute atomic E-state index is 13.6. The van der Waals surface area contributed by atoms with Gasteiger partial charge in [-0.1, -0.05) is 0 Å². The van der Waals surface area contributed by atoms with Crippen molar-refractivity contribution in [2.24, 2.45) is 0 Å². The highest BCUT2D eigenvalue weighted by Gasteiger charge is 2.21. The van der Waals surface area contributed by atoms with Crippen LogP contribution in [0.5, 0.6) is 0 Å². The summed E-state index contributed by atoms with van der Waals surface area (Å²) in [5.74, 6) is -5.43. The SMILES string of the molecule is Nc1ccc(S(=O)(=O)Nc2cc(F)c(F)cc2F)c(F)c1. The van der Waals surface area contributed by atoms with Crippen molar-refractivity contribution in [1.82, 2.24) is 0 Å². The number of nitrogens with two attached hydrogens (primary N) is 1. The highest BCUT2D eigenvalue weighted by atomic mass is 32.2. The van der Waals surface area contributed by atoms with Gasteiger partial charge in [-0.05, 0) is 18.2 Å². The van der Waals surface area contributed by atoms with Crippen LogP contribution in [0.4, 0.5) is 28.9 Å². The Morgan fingerprint density at radius 1 is 0.857 bits per heavy atom. The van der Waals surface area contributed by atoms with Gasteiger partial charge in [0.25, 0.3) is 10.0 Å². The first kappa shape index (κ1) is 15.1. The predicted octanol–water partition coefficient (Wildman–Crippen LogP) is 2.63. The lowest BCUT2D eigenvalue weighted by Crippen LogP contribution is -2.16. The molecular formula is C12H8F4N2O2S. The van der Waals surface area contributed by atoms with E-state index in [1.54, 1.807) is 4.72 Å². The third-order valence-electron chi connectivity index (χ3n) is 2.50. The molecule has 0 unspecified atom stereocenters. The number of nitrogens with one attached hydrogen (secondary N) is 1. The Morgan fingerprint density at radius 3 is 2.10 bits per heavy atom. The van der Waals surface area contributed by atoms with E-state index in [1.165, 1.54) is 0 Å². The van der Waals surface area contributed by atoms with Crippen molar-refractivity contribution >= 4 is 21.4 Å². The van der Waals surface area contributed by atoms with Crippen LogP contribution in [0.1, 0.15) is 0 Å². The standard InChI is InChI=1S/C12H8F4N2O2S/c13-7-4-9(15)11(5-8(7)14)18-21(19,20)12-2-1-6(17)3-10(12)16/h1-5,18H,17H2.